The van der Waals surface area contributed by atoms with Crippen molar-refractivity contribution < 1.29 is 23.5 Å². The average Bonchev–Trinajstić information content (AvgIpc) is 3.13. The maximum absolute atomic E-state index is 13.9. The van der Waals surface area contributed by atoms with Crippen LogP contribution in [0.15, 0.2) is 30.3 Å². The van der Waals surface area contributed by atoms with Crippen molar-refractivity contribution in [1.82, 2.24) is 5.32 Å². The first-order chi connectivity index (χ1) is 18.2. The molecule has 2 fully saturated rings. The smallest absolute Gasteiger partial charge is 0.220 e. The molecule has 0 saturated heterocycles. The van der Waals surface area contributed by atoms with Gasteiger partial charge in [0.05, 0.1) is 0 Å². The van der Waals surface area contributed by atoms with E-state index in [4.69, 9.17) is 0 Å². The Bertz CT molecular complexity index is 1230. The largest absolute Gasteiger partial charge is 0.508 e. The summed E-state index contributed by atoms with van der Waals surface area (Å²) in [5.41, 5.74) is 3.66. The molecule has 6 heteroatoms. The molecule has 204 valence electrons. The third-order valence-electron chi connectivity index (χ3n) is 9.76. The third-order valence-corrected chi connectivity index (χ3v) is 9.76. The van der Waals surface area contributed by atoms with Gasteiger partial charge in [0.1, 0.15) is 23.2 Å². The predicted octanol–water partition coefficient (Wildman–Crippen LogP) is 6.76. The molecule has 0 aliphatic heterocycles. The van der Waals surface area contributed by atoms with Gasteiger partial charge in [-0.3, -0.25) is 9.59 Å². The van der Waals surface area contributed by atoms with Crippen molar-refractivity contribution in [1.29, 1.82) is 0 Å². The van der Waals surface area contributed by atoms with Gasteiger partial charge in [0, 0.05) is 36.4 Å². The van der Waals surface area contributed by atoms with E-state index in [-0.39, 0.29) is 29.3 Å². The number of rotatable bonds is 8. The van der Waals surface area contributed by atoms with E-state index >= 15 is 0 Å². The van der Waals surface area contributed by atoms with Crippen molar-refractivity contribution in [3.05, 3.63) is 64.2 Å². The number of carbonyl (C=O) groups is 2. The second kappa shape index (κ2) is 10.8. The van der Waals surface area contributed by atoms with Crippen LogP contribution in [0.4, 0.5) is 8.78 Å². The minimum absolute atomic E-state index is 0.0340. The quantitative estimate of drug-likeness (QED) is 0.402. The van der Waals surface area contributed by atoms with Gasteiger partial charge in [-0.1, -0.05) is 32.4 Å². The highest BCUT2D eigenvalue weighted by Gasteiger charge is 2.58. The molecular weight excluding hydrogens is 484 g/mol. The van der Waals surface area contributed by atoms with Gasteiger partial charge < -0.3 is 10.4 Å². The van der Waals surface area contributed by atoms with E-state index < -0.39 is 11.6 Å². The van der Waals surface area contributed by atoms with Crippen LogP contribution < -0.4 is 5.32 Å². The number of Topliss-reactive ketones (excluding diaryl/α,β-unsaturated/α-hetero) is 1. The number of phenols is 1. The van der Waals surface area contributed by atoms with Crippen molar-refractivity contribution >= 4 is 11.7 Å². The molecule has 38 heavy (non-hydrogen) atoms. The molecule has 0 radical (unpaired) electrons. The van der Waals surface area contributed by atoms with Gasteiger partial charge in [0.25, 0.3) is 0 Å². The summed E-state index contributed by atoms with van der Waals surface area (Å²) in [7, 11) is 0. The Morgan fingerprint density at radius 2 is 1.97 bits per heavy atom. The van der Waals surface area contributed by atoms with Crippen molar-refractivity contribution in [2.45, 2.75) is 90.5 Å². The van der Waals surface area contributed by atoms with Gasteiger partial charge in [-0.2, -0.15) is 0 Å². The molecule has 2 N–H and O–H groups in total. The minimum Gasteiger partial charge on any atom is -0.508 e. The Kier molecular flexibility index (Phi) is 7.61. The monoisotopic (exact) mass is 523 g/mol. The summed E-state index contributed by atoms with van der Waals surface area (Å²) in [6, 6.07) is 7.59. The molecule has 3 unspecified atom stereocenters. The fourth-order valence-corrected chi connectivity index (χ4v) is 7.92. The van der Waals surface area contributed by atoms with Crippen LogP contribution in [0.5, 0.6) is 5.75 Å². The van der Waals surface area contributed by atoms with Crippen LogP contribution in [0, 0.1) is 34.8 Å². The lowest BCUT2D eigenvalue weighted by Gasteiger charge is -2.50. The molecule has 2 saturated carbocycles. The van der Waals surface area contributed by atoms with Gasteiger partial charge in [-0.15, -0.1) is 0 Å². The summed E-state index contributed by atoms with van der Waals surface area (Å²) in [4.78, 5) is 25.7. The average molecular weight is 524 g/mol. The normalized spacial score (nSPS) is 27.9. The van der Waals surface area contributed by atoms with Crippen LogP contribution in [0.2, 0.25) is 0 Å². The molecule has 0 aromatic heterocycles. The Morgan fingerprint density at radius 1 is 1.16 bits per heavy atom. The van der Waals surface area contributed by atoms with Crippen molar-refractivity contribution in [3.63, 3.8) is 0 Å². The highest BCUT2D eigenvalue weighted by atomic mass is 19.1. The Hall–Kier alpha value is -2.76. The lowest BCUT2D eigenvalue weighted by Crippen LogP contribution is -2.44. The Morgan fingerprint density at radius 3 is 2.74 bits per heavy atom. The van der Waals surface area contributed by atoms with E-state index in [0.717, 1.165) is 56.6 Å². The minimum atomic E-state index is -0.660. The molecule has 5 atom stereocenters. The summed E-state index contributed by atoms with van der Waals surface area (Å²) in [6.45, 7) is 4.34. The van der Waals surface area contributed by atoms with Gasteiger partial charge in [0.2, 0.25) is 5.91 Å². The molecule has 0 spiro atoms. The van der Waals surface area contributed by atoms with Crippen LogP contribution in [-0.4, -0.2) is 16.8 Å². The fourth-order valence-electron chi connectivity index (χ4n) is 7.92. The van der Waals surface area contributed by atoms with Crippen LogP contribution in [-0.2, 0) is 29.0 Å². The number of hydrogen-bond donors (Lipinski definition) is 2. The highest BCUT2D eigenvalue weighted by molar-refractivity contribution is 5.87. The summed E-state index contributed by atoms with van der Waals surface area (Å²) >= 11 is 0. The molecule has 4 nitrogen and oxygen atoms in total. The van der Waals surface area contributed by atoms with E-state index in [9.17, 15) is 23.5 Å². The second-order valence-corrected chi connectivity index (χ2v) is 12.0. The molecular formula is C32H39F2NO3. The third kappa shape index (κ3) is 4.99. The first kappa shape index (κ1) is 26.8. The number of aryl methyl sites for hydroxylation is 2. The Balaban J connectivity index is 1.24. The topological polar surface area (TPSA) is 66.4 Å². The van der Waals surface area contributed by atoms with Crippen LogP contribution in [0.25, 0.3) is 0 Å². The van der Waals surface area contributed by atoms with Crippen molar-refractivity contribution in [2.24, 2.45) is 23.2 Å². The second-order valence-electron chi connectivity index (χ2n) is 12.0. The molecule has 2 aromatic carbocycles. The maximum atomic E-state index is 13.9. The SMILES string of the molecule is CCCc1cc2c(cc1O)CCC1C2CC[C@]2(C)C(=O)C[C@@H](CCCC(=O)NCc3ccc(F)cc3F)C12. The van der Waals surface area contributed by atoms with Crippen LogP contribution in [0.1, 0.15) is 93.4 Å². The number of benzene rings is 2. The Labute approximate surface area is 224 Å². The van der Waals surface area contributed by atoms with Crippen molar-refractivity contribution in [2.75, 3.05) is 0 Å². The number of aromatic hydroxyl groups is 1. The van der Waals surface area contributed by atoms with Gasteiger partial charge >= 0.3 is 0 Å². The number of phenolic OH excluding ortho intramolecular Hbond substituents is 1. The van der Waals surface area contributed by atoms with E-state index in [1.165, 1.54) is 23.3 Å². The highest BCUT2D eigenvalue weighted by Crippen LogP contribution is 2.62. The summed E-state index contributed by atoms with van der Waals surface area (Å²) in [6.07, 6.45) is 8.19. The number of ketones is 1. The summed E-state index contributed by atoms with van der Waals surface area (Å²) in [5, 5.41) is 13.3. The molecule has 2 aromatic rings. The zero-order valence-electron chi connectivity index (χ0n) is 22.5. The lowest BCUT2D eigenvalue weighted by molar-refractivity contribution is -0.129. The molecule has 5 rings (SSSR count). The van der Waals surface area contributed by atoms with E-state index in [0.29, 0.717) is 48.5 Å². The lowest BCUT2D eigenvalue weighted by atomic mass is 9.54. The van der Waals surface area contributed by atoms with E-state index in [2.05, 4.69) is 25.2 Å². The first-order valence-electron chi connectivity index (χ1n) is 14.3. The predicted molar refractivity (Wildman–Crippen MR) is 143 cm³/mol. The summed E-state index contributed by atoms with van der Waals surface area (Å²) < 4.78 is 27.0. The number of halogens is 2. The molecule has 0 bridgehead atoms. The standard InChI is InChI=1S/C32H39F2NO3/c1-3-5-20-14-26-19(15-28(20)36)9-11-25-24(26)12-13-32(2)29(37)16-21(31(25)32)6-4-7-30(38)35-18-22-8-10-23(33)17-27(22)34/h8,10,14-15,17,21,24-25,31,36H,3-7,9,11-13,16,18H2,1-2H3,(H,35,38)/t21-,24?,25?,31?,32-/m1/s1. The number of fused-ring (bicyclic) bond motifs is 5. The van der Waals surface area contributed by atoms with Crippen LogP contribution >= 0.6 is 0 Å². The molecule has 0 heterocycles. The van der Waals surface area contributed by atoms with Crippen LogP contribution in [0.3, 0.4) is 0 Å². The van der Waals surface area contributed by atoms with E-state index in [1.54, 1.807) is 0 Å². The fraction of sp³-hybridized carbons (Fsp3) is 0.562. The van der Waals surface area contributed by atoms with Crippen molar-refractivity contribution in [3.8, 4) is 5.75 Å². The van der Waals surface area contributed by atoms with E-state index in [1.807, 2.05) is 6.07 Å². The zero-order chi connectivity index (χ0) is 27.0. The molecule has 1 amide bonds. The summed E-state index contributed by atoms with van der Waals surface area (Å²) in [5.74, 6) is 0.815. The van der Waals surface area contributed by atoms with Gasteiger partial charge in [0.15, 0.2) is 0 Å². The molecule has 3 aliphatic rings. The number of amides is 1. The number of carbonyl (C=O) groups excluding carboxylic acids is 2. The maximum Gasteiger partial charge on any atom is 0.220 e. The number of hydrogen-bond acceptors (Lipinski definition) is 3. The zero-order valence-corrected chi connectivity index (χ0v) is 22.5. The number of nitrogens with one attached hydrogen (secondary N) is 1. The van der Waals surface area contributed by atoms with Gasteiger partial charge in [-0.05, 0) is 97.4 Å². The first-order valence-corrected chi connectivity index (χ1v) is 14.3. The van der Waals surface area contributed by atoms with Gasteiger partial charge in [-0.25, -0.2) is 8.78 Å². The molecule has 3 aliphatic carbocycles.